The number of rotatable bonds is 4. The van der Waals surface area contributed by atoms with Crippen LogP contribution in [0.15, 0.2) is 24.3 Å². The lowest BCUT2D eigenvalue weighted by Crippen LogP contribution is -2.10. The molecule has 3 N–H and O–H groups in total. The second-order valence-electron chi connectivity index (χ2n) is 4.67. The van der Waals surface area contributed by atoms with Gasteiger partial charge in [0.05, 0.1) is 0 Å². The number of phenolic OH excluding ortho intramolecular Hbond substituents is 1. The first kappa shape index (κ1) is 13.5. The van der Waals surface area contributed by atoms with E-state index in [0.29, 0.717) is 13.0 Å². The zero-order chi connectivity index (χ0) is 13.8. The Morgan fingerprint density at radius 3 is 2.16 bits per heavy atom. The van der Waals surface area contributed by atoms with Gasteiger partial charge in [-0.25, -0.2) is 9.97 Å². The SMILES string of the molecule is Cc1nc(Cc2ccc(O)cc2)nc(C)c1CCN. The summed E-state index contributed by atoms with van der Waals surface area (Å²) in [6, 6.07) is 7.13. The molecule has 2 rings (SSSR count). The Balaban J connectivity index is 2.24. The van der Waals surface area contributed by atoms with Crippen molar-refractivity contribution in [1.29, 1.82) is 0 Å². The molecule has 0 spiro atoms. The number of hydrogen-bond donors (Lipinski definition) is 2. The fraction of sp³-hybridized carbons (Fsp3) is 0.333. The summed E-state index contributed by atoms with van der Waals surface area (Å²) in [4.78, 5) is 9.08. The molecular weight excluding hydrogens is 238 g/mol. The fourth-order valence-corrected chi connectivity index (χ4v) is 2.19. The molecule has 0 atom stereocenters. The number of nitrogens with zero attached hydrogens (tertiary/aromatic N) is 2. The van der Waals surface area contributed by atoms with Crippen molar-refractivity contribution in [2.45, 2.75) is 26.7 Å². The van der Waals surface area contributed by atoms with Crippen molar-refractivity contribution in [3.63, 3.8) is 0 Å². The van der Waals surface area contributed by atoms with Gasteiger partial charge in [0.1, 0.15) is 11.6 Å². The quantitative estimate of drug-likeness (QED) is 0.877. The van der Waals surface area contributed by atoms with Gasteiger partial charge in [0.15, 0.2) is 0 Å². The molecule has 0 fully saturated rings. The van der Waals surface area contributed by atoms with Gasteiger partial charge in [0, 0.05) is 17.8 Å². The number of hydrogen-bond acceptors (Lipinski definition) is 4. The second-order valence-corrected chi connectivity index (χ2v) is 4.67. The van der Waals surface area contributed by atoms with E-state index < -0.39 is 0 Å². The average Bonchev–Trinajstić information content (AvgIpc) is 2.37. The molecular formula is C15H19N3O. The first-order valence-corrected chi connectivity index (χ1v) is 6.41. The van der Waals surface area contributed by atoms with Crippen LogP contribution < -0.4 is 5.73 Å². The lowest BCUT2D eigenvalue weighted by atomic mass is 10.1. The van der Waals surface area contributed by atoms with E-state index in [0.717, 1.165) is 34.8 Å². The molecule has 0 aliphatic carbocycles. The van der Waals surface area contributed by atoms with Gasteiger partial charge in [0.2, 0.25) is 0 Å². The molecule has 0 unspecified atom stereocenters. The van der Waals surface area contributed by atoms with Crippen LogP contribution in [0.2, 0.25) is 0 Å². The van der Waals surface area contributed by atoms with E-state index in [1.165, 1.54) is 0 Å². The third-order valence-electron chi connectivity index (χ3n) is 3.16. The first-order chi connectivity index (χ1) is 9.10. The summed E-state index contributed by atoms with van der Waals surface area (Å²) in [5.41, 5.74) is 9.84. The Morgan fingerprint density at radius 2 is 1.63 bits per heavy atom. The van der Waals surface area contributed by atoms with Crippen molar-refractivity contribution in [3.05, 3.63) is 52.6 Å². The van der Waals surface area contributed by atoms with Gasteiger partial charge < -0.3 is 10.8 Å². The number of nitrogens with two attached hydrogens (primary N) is 1. The normalized spacial score (nSPS) is 10.7. The number of aromatic nitrogens is 2. The summed E-state index contributed by atoms with van der Waals surface area (Å²) in [5, 5.41) is 9.26. The zero-order valence-corrected chi connectivity index (χ0v) is 11.3. The molecule has 2 aromatic rings. The van der Waals surface area contributed by atoms with Crippen LogP contribution in [-0.4, -0.2) is 21.6 Å². The summed E-state index contributed by atoms with van der Waals surface area (Å²) >= 11 is 0. The Bertz CT molecular complexity index is 541. The van der Waals surface area contributed by atoms with E-state index in [2.05, 4.69) is 9.97 Å². The lowest BCUT2D eigenvalue weighted by molar-refractivity contribution is 0.475. The molecule has 100 valence electrons. The van der Waals surface area contributed by atoms with Gasteiger partial charge in [-0.15, -0.1) is 0 Å². The van der Waals surface area contributed by atoms with Crippen molar-refractivity contribution < 1.29 is 5.11 Å². The predicted molar refractivity (Wildman–Crippen MR) is 75.2 cm³/mol. The number of phenols is 1. The monoisotopic (exact) mass is 257 g/mol. The van der Waals surface area contributed by atoms with Crippen LogP contribution in [-0.2, 0) is 12.8 Å². The van der Waals surface area contributed by atoms with E-state index in [1.54, 1.807) is 12.1 Å². The Labute approximate surface area is 113 Å². The van der Waals surface area contributed by atoms with Gasteiger partial charge in [-0.2, -0.15) is 0 Å². The van der Waals surface area contributed by atoms with E-state index >= 15 is 0 Å². The molecule has 4 heteroatoms. The summed E-state index contributed by atoms with van der Waals surface area (Å²) in [5.74, 6) is 1.08. The van der Waals surface area contributed by atoms with E-state index in [1.807, 2.05) is 26.0 Å². The van der Waals surface area contributed by atoms with Crippen molar-refractivity contribution in [1.82, 2.24) is 9.97 Å². The molecule has 1 aromatic heterocycles. The van der Waals surface area contributed by atoms with Crippen LogP contribution in [0.5, 0.6) is 5.75 Å². The fourth-order valence-electron chi connectivity index (χ4n) is 2.19. The number of aryl methyl sites for hydroxylation is 2. The highest BCUT2D eigenvalue weighted by molar-refractivity contribution is 5.30. The summed E-state index contributed by atoms with van der Waals surface area (Å²) in [7, 11) is 0. The summed E-state index contributed by atoms with van der Waals surface area (Å²) in [6.45, 7) is 4.61. The van der Waals surface area contributed by atoms with Crippen molar-refractivity contribution in [2.24, 2.45) is 5.73 Å². The Morgan fingerprint density at radius 1 is 1.05 bits per heavy atom. The third-order valence-corrected chi connectivity index (χ3v) is 3.16. The van der Waals surface area contributed by atoms with Gasteiger partial charge in [0.25, 0.3) is 0 Å². The van der Waals surface area contributed by atoms with E-state index in [4.69, 9.17) is 5.73 Å². The molecule has 4 nitrogen and oxygen atoms in total. The summed E-state index contributed by atoms with van der Waals surface area (Å²) < 4.78 is 0. The minimum atomic E-state index is 0.273. The third kappa shape index (κ3) is 3.29. The molecule has 0 bridgehead atoms. The molecule has 19 heavy (non-hydrogen) atoms. The summed E-state index contributed by atoms with van der Waals surface area (Å²) in [6.07, 6.45) is 1.49. The van der Waals surface area contributed by atoms with Crippen LogP contribution in [0.1, 0.15) is 28.3 Å². The van der Waals surface area contributed by atoms with E-state index in [-0.39, 0.29) is 5.75 Å². The predicted octanol–water partition coefficient (Wildman–Crippen LogP) is 1.89. The molecule has 0 saturated carbocycles. The van der Waals surface area contributed by atoms with Crippen LogP contribution in [0.4, 0.5) is 0 Å². The Kier molecular flexibility index (Phi) is 4.12. The largest absolute Gasteiger partial charge is 0.508 e. The smallest absolute Gasteiger partial charge is 0.133 e. The second kappa shape index (κ2) is 5.80. The topological polar surface area (TPSA) is 72.0 Å². The molecule has 1 heterocycles. The molecule has 1 aromatic carbocycles. The standard InChI is InChI=1S/C15H19N3O/c1-10-14(7-8-16)11(2)18-15(17-10)9-12-3-5-13(19)6-4-12/h3-6,19H,7-9,16H2,1-2H3. The van der Waals surface area contributed by atoms with Crippen LogP contribution in [0.25, 0.3) is 0 Å². The van der Waals surface area contributed by atoms with E-state index in [9.17, 15) is 5.11 Å². The molecule has 0 aliphatic heterocycles. The molecule has 0 radical (unpaired) electrons. The Hall–Kier alpha value is -1.94. The van der Waals surface area contributed by atoms with Gasteiger partial charge in [-0.3, -0.25) is 0 Å². The average molecular weight is 257 g/mol. The van der Waals surface area contributed by atoms with Crippen LogP contribution in [0.3, 0.4) is 0 Å². The van der Waals surface area contributed by atoms with Gasteiger partial charge in [-0.1, -0.05) is 12.1 Å². The highest BCUT2D eigenvalue weighted by atomic mass is 16.3. The van der Waals surface area contributed by atoms with Crippen LogP contribution >= 0.6 is 0 Å². The minimum absolute atomic E-state index is 0.273. The van der Waals surface area contributed by atoms with Crippen molar-refractivity contribution in [3.8, 4) is 5.75 Å². The van der Waals surface area contributed by atoms with Crippen molar-refractivity contribution >= 4 is 0 Å². The maximum Gasteiger partial charge on any atom is 0.133 e. The maximum absolute atomic E-state index is 9.26. The highest BCUT2D eigenvalue weighted by Gasteiger charge is 2.08. The minimum Gasteiger partial charge on any atom is -0.508 e. The number of benzene rings is 1. The first-order valence-electron chi connectivity index (χ1n) is 6.41. The molecule has 0 saturated heterocycles. The maximum atomic E-state index is 9.26. The van der Waals surface area contributed by atoms with Gasteiger partial charge >= 0.3 is 0 Å². The number of aromatic hydroxyl groups is 1. The highest BCUT2D eigenvalue weighted by Crippen LogP contribution is 2.15. The van der Waals surface area contributed by atoms with Crippen molar-refractivity contribution in [2.75, 3.05) is 6.54 Å². The molecule has 0 amide bonds. The lowest BCUT2D eigenvalue weighted by Gasteiger charge is -2.10. The molecule has 0 aliphatic rings. The zero-order valence-electron chi connectivity index (χ0n) is 11.3. The van der Waals surface area contributed by atoms with Crippen LogP contribution in [0, 0.1) is 13.8 Å². The van der Waals surface area contributed by atoms with Gasteiger partial charge in [-0.05, 0) is 50.1 Å².